The number of rotatable bonds is 4. The fourth-order valence-electron chi connectivity index (χ4n) is 3.54. The molecule has 5 nitrogen and oxygen atoms in total. The summed E-state index contributed by atoms with van der Waals surface area (Å²) in [6.45, 7) is 10.7. The van der Waals surface area contributed by atoms with Gasteiger partial charge < -0.3 is 5.73 Å². The molecule has 1 amide bonds. The van der Waals surface area contributed by atoms with Crippen LogP contribution in [0.3, 0.4) is 0 Å². The van der Waals surface area contributed by atoms with Crippen molar-refractivity contribution in [2.45, 2.75) is 70.8 Å². The van der Waals surface area contributed by atoms with Gasteiger partial charge in [-0.1, -0.05) is 39.5 Å². The molecule has 2 aromatic rings. The third kappa shape index (κ3) is 3.43. The van der Waals surface area contributed by atoms with Gasteiger partial charge in [0.25, 0.3) is 5.56 Å². The fourth-order valence-corrected chi connectivity index (χ4v) is 6.14. The van der Waals surface area contributed by atoms with E-state index in [0.717, 1.165) is 29.5 Å². The first-order chi connectivity index (χ1) is 12.1. The lowest BCUT2D eigenvalue weighted by atomic mass is 9.89. The summed E-state index contributed by atoms with van der Waals surface area (Å²) in [5, 5.41) is 0.934. The van der Waals surface area contributed by atoms with Crippen molar-refractivity contribution >= 4 is 39.2 Å². The van der Waals surface area contributed by atoms with Gasteiger partial charge in [-0.3, -0.25) is 14.2 Å². The molecule has 2 N–H and O–H groups in total. The van der Waals surface area contributed by atoms with E-state index in [0.29, 0.717) is 17.6 Å². The lowest BCUT2D eigenvalue weighted by Gasteiger charge is -2.27. The smallest absolute Gasteiger partial charge is 0.263 e. The van der Waals surface area contributed by atoms with Crippen LogP contribution in [0.1, 0.15) is 51.5 Å². The molecule has 0 saturated heterocycles. The van der Waals surface area contributed by atoms with Crippen LogP contribution in [0.4, 0.5) is 0 Å². The predicted octanol–water partition coefficient (Wildman–Crippen LogP) is 3.59. The Balaban J connectivity index is 2.15. The van der Waals surface area contributed by atoms with E-state index in [1.165, 1.54) is 22.2 Å². The van der Waals surface area contributed by atoms with E-state index in [1.54, 1.807) is 15.9 Å². The van der Waals surface area contributed by atoms with Crippen LogP contribution in [0.15, 0.2) is 9.95 Å². The Kier molecular flexibility index (Phi) is 5.23. The normalized spacial score (nSPS) is 18.7. The number of aromatic nitrogens is 2. The van der Waals surface area contributed by atoms with Gasteiger partial charge in [-0.15, -0.1) is 11.3 Å². The number of hydrogen-bond acceptors (Lipinski definition) is 5. The number of thioether (sulfide) groups is 1. The van der Waals surface area contributed by atoms with Gasteiger partial charge in [0, 0.05) is 11.4 Å². The van der Waals surface area contributed by atoms with Crippen molar-refractivity contribution in [1.82, 2.24) is 9.55 Å². The molecular formula is C19H27N3O2S2. The van der Waals surface area contributed by atoms with Crippen molar-refractivity contribution in [1.29, 1.82) is 0 Å². The quantitative estimate of drug-likeness (QED) is 0.636. The number of thiophene rings is 1. The Morgan fingerprint density at radius 1 is 1.46 bits per heavy atom. The number of hydrogen-bond donors (Lipinski definition) is 1. The average molecular weight is 394 g/mol. The van der Waals surface area contributed by atoms with Gasteiger partial charge in [0.15, 0.2) is 5.16 Å². The minimum absolute atomic E-state index is 0.0178. The molecule has 3 rings (SSSR count). The minimum atomic E-state index is -0.445. The number of aryl methyl sites for hydroxylation is 1. The van der Waals surface area contributed by atoms with Gasteiger partial charge >= 0.3 is 0 Å². The highest BCUT2D eigenvalue weighted by atomic mass is 32.2. The first kappa shape index (κ1) is 19.4. The standard InChI is InChI=1S/C19H27N3O2S2/c1-6-22-17(24)13-11-8-7-10(2)9-12(11)25-16(13)21-18(22)26-14(15(20)23)19(3,4)5/h10,14H,6-9H2,1-5H3,(H2,20,23)/t10-,14+/m1/s1. The van der Waals surface area contributed by atoms with Crippen LogP contribution in [0.25, 0.3) is 10.2 Å². The maximum atomic E-state index is 13.2. The Labute approximate surface area is 162 Å². The van der Waals surface area contributed by atoms with Crippen molar-refractivity contribution in [2.24, 2.45) is 17.1 Å². The SMILES string of the molecule is CCn1c(S[C@@H](C(N)=O)C(C)(C)C)nc2sc3c(c2c1=O)CC[C@@H](C)C3. The number of nitrogens with two attached hydrogens (primary N) is 1. The molecule has 0 aliphatic heterocycles. The van der Waals surface area contributed by atoms with Crippen molar-refractivity contribution in [2.75, 3.05) is 0 Å². The van der Waals surface area contributed by atoms with Crippen molar-refractivity contribution in [3.05, 3.63) is 20.8 Å². The van der Waals surface area contributed by atoms with Crippen LogP contribution in [0.2, 0.25) is 0 Å². The van der Waals surface area contributed by atoms with E-state index in [4.69, 9.17) is 10.7 Å². The summed E-state index contributed by atoms with van der Waals surface area (Å²) in [4.78, 5) is 32.1. The number of carbonyl (C=O) groups is 1. The van der Waals surface area contributed by atoms with E-state index >= 15 is 0 Å². The third-order valence-corrected chi connectivity index (χ3v) is 7.81. The first-order valence-electron chi connectivity index (χ1n) is 9.14. The highest BCUT2D eigenvalue weighted by Gasteiger charge is 2.33. The van der Waals surface area contributed by atoms with E-state index < -0.39 is 5.25 Å². The van der Waals surface area contributed by atoms with Crippen LogP contribution in [0, 0.1) is 11.3 Å². The monoisotopic (exact) mass is 393 g/mol. The second-order valence-corrected chi connectivity index (χ2v) is 10.4. The zero-order chi connectivity index (χ0) is 19.2. The van der Waals surface area contributed by atoms with Gasteiger partial charge in [-0.25, -0.2) is 4.98 Å². The first-order valence-corrected chi connectivity index (χ1v) is 10.8. The molecule has 2 aromatic heterocycles. The molecule has 0 saturated carbocycles. The molecule has 142 valence electrons. The number of carbonyl (C=O) groups excluding carboxylic acids is 1. The minimum Gasteiger partial charge on any atom is -0.369 e. The third-order valence-electron chi connectivity index (χ3n) is 4.96. The van der Waals surface area contributed by atoms with Crippen LogP contribution >= 0.6 is 23.1 Å². The van der Waals surface area contributed by atoms with Crippen molar-refractivity contribution in [3.63, 3.8) is 0 Å². The highest BCUT2D eigenvalue weighted by Crippen LogP contribution is 2.38. The lowest BCUT2D eigenvalue weighted by Crippen LogP contribution is -2.37. The molecule has 1 aliphatic carbocycles. The van der Waals surface area contributed by atoms with E-state index in [2.05, 4.69) is 6.92 Å². The second-order valence-electron chi connectivity index (χ2n) is 8.24. The summed E-state index contributed by atoms with van der Waals surface area (Å²) in [5.74, 6) is 0.275. The van der Waals surface area contributed by atoms with E-state index in [9.17, 15) is 9.59 Å². The molecule has 2 heterocycles. The molecule has 2 atom stereocenters. The zero-order valence-electron chi connectivity index (χ0n) is 16.1. The maximum Gasteiger partial charge on any atom is 0.263 e. The van der Waals surface area contributed by atoms with Gasteiger partial charge in [0.1, 0.15) is 4.83 Å². The molecule has 0 bridgehead atoms. The summed E-state index contributed by atoms with van der Waals surface area (Å²) < 4.78 is 1.69. The summed E-state index contributed by atoms with van der Waals surface area (Å²) in [5.41, 5.74) is 6.54. The molecule has 7 heteroatoms. The highest BCUT2D eigenvalue weighted by molar-refractivity contribution is 8.00. The second kappa shape index (κ2) is 7.00. The predicted molar refractivity (Wildman–Crippen MR) is 109 cm³/mol. The van der Waals surface area contributed by atoms with E-state index in [-0.39, 0.29) is 16.9 Å². The number of nitrogens with zero attached hydrogens (tertiary/aromatic N) is 2. The molecule has 26 heavy (non-hydrogen) atoms. The van der Waals surface area contributed by atoms with Crippen LogP contribution in [-0.4, -0.2) is 20.7 Å². The molecular weight excluding hydrogens is 366 g/mol. The van der Waals surface area contributed by atoms with Crippen LogP contribution < -0.4 is 11.3 Å². The molecule has 0 unspecified atom stereocenters. The molecule has 0 spiro atoms. The molecule has 0 radical (unpaired) electrons. The summed E-state index contributed by atoms with van der Waals surface area (Å²) >= 11 is 2.95. The van der Waals surface area contributed by atoms with Gasteiger partial charge in [-0.05, 0) is 43.1 Å². The van der Waals surface area contributed by atoms with Gasteiger partial charge in [-0.2, -0.15) is 0 Å². The van der Waals surface area contributed by atoms with Crippen LogP contribution in [0.5, 0.6) is 0 Å². The molecule has 1 aliphatic rings. The average Bonchev–Trinajstić information content (AvgIpc) is 2.88. The van der Waals surface area contributed by atoms with Crippen molar-refractivity contribution in [3.8, 4) is 0 Å². The van der Waals surface area contributed by atoms with Gasteiger partial charge in [0.05, 0.1) is 10.6 Å². The largest absolute Gasteiger partial charge is 0.369 e. The topological polar surface area (TPSA) is 78.0 Å². The molecule has 0 aromatic carbocycles. The lowest BCUT2D eigenvalue weighted by molar-refractivity contribution is -0.119. The van der Waals surface area contributed by atoms with E-state index in [1.807, 2.05) is 27.7 Å². The van der Waals surface area contributed by atoms with Gasteiger partial charge in [0.2, 0.25) is 5.91 Å². The molecule has 0 fully saturated rings. The Hall–Kier alpha value is -1.34. The maximum absolute atomic E-state index is 13.2. The zero-order valence-corrected chi connectivity index (χ0v) is 17.7. The Morgan fingerprint density at radius 2 is 2.15 bits per heavy atom. The summed E-state index contributed by atoms with van der Waals surface area (Å²) in [6, 6.07) is 0. The Bertz CT molecular complexity index is 908. The number of primary amides is 1. The number of fused-ring (bicyclic) bond motifs is 3. The number of amides is 1. The van der Waals surface area contributed by atoms with Crippen molar-refractivity contribution < 1.29 is 4.79 Å². The van der Waals surface area contributed by atoms with Crippen LogP contribution in [-0.2, 0) is 24.2 Å². The summed E-state index contributed by atoms with van der Waals surface area (Å²) in [7, 11) is 0. The summed E-state index contributed by atoms with van der Waals surface area (Å²) in [6.07, 6.45) is 3.10. The fraction of sp³-hybridized carbons (Fsp3) is 0.632. The Morgan fingerprint density at radius 3 is 2.73 bits per heavy atom.